The summed E-state index contributed by atoms with van der Waals surface area (Å²) in [5.74, 6) is 1.39. The summed E-state index contributed by atoms with van der Waals surface area (Å²) in [7, 11) is 0. The minimum absolute atomic E-state index is 0.465. The molecule has 19 heavy (non-hydrogen) atoms. The van der Waals surface area contributed by atoms with Gasteiger partial charge in [0.1, 0.15) is 12.4 Å². The highest BCUT2D eigenvalue weighted by molar-refractivity contribution is 7.07. The Hall–Kier alpha value is -1.88. The number of nitrogen functional groups attached to an aromatic ring is 1. The zero-order chi connectivity index (χ0) is 13.2. The Morgan fingerprint density at radius 1 is 1.47 bits per heavy atom. The van der Waals surface area contributed by atoms with Gasteiger partial charge in [-0.25, -0.2) is 4.98 Å². The number of thiazole rings is 1. The Bertz CT molecular complexity index is 591. The van der Waals surface area contributed by atoms with E-state index in [9.17, 15) is 0 Å². The van der Waals surface area contributed by atoms with E-state index in [1.54, 1.807) is 16.8 Å². The lowest BCUT2D eigenvalue weighted by Crippen LogP contribution is -2.02. The second-order valence-electron chi connectivity index (χ2n) is 4.71. The van der Waals surface area contributed by atoms with Gasteiger partial charge < -0.3 is 15.9 Å². The molecule has 1 aromatic heterocycles. The molecule has 0 atom stereocenters. The van der Waals surface area contributed by atoms with Crippen LogP contribution in [0, 0.1) is 5.41 Å². The lowest BCUT2D eigenvalue weighted by molar-refractivity contribution is 0.299. The molecule has 1 saturated carbocycles. The quantitative estimate of drug-likeness (QED) is 0.649. The fourth-order valence-electron chi connectivity index (χ4n) is 2.05. The van der Waals surface area contributed by atoms with Crippen LogP contribution >= 0.6 is 11.3 Å². The van der Waals surface area contributed by atoms with Gasteiger partial charge in [0.05, 0.1) is 11.2 Å². The molecule has 3 rings (SSSR count). The second kappa shape index (κ2) is 5.01. The molecule has 5 heteroatoms. The van der Waals surface area contributed by atoms with Gasteiger partial charge in [-0.15, -0.1) is 11.3 Å². The molecule has 1 aliphatic carbocycles. The van der Waals surface area contributed by atoms with Crippen LogP contribution in [0.4, 0.5) is 5.69 Å². The number of nitrogens with two attached hydrogens (primary N) is 1. The topological polar surface area (TPSA) is 72.0 Å². The number of nitrogens with one attached hydrogen (secondary N) is 1. The van der Waals surface area contributed by atoms with Crippen LogP contribution in [-0.4, -0.2) is 11.2 Å². The SMILES string of the molecule is N=Cc1cc(C2CC2)c(OCc2cscn2)cc1N. The number of anilines is 1. The Labute approximate surface area is 115 Å². The number of rotatable bonds is 5. The van der Waals surface area contributed by atoms with Crippen LogP contribution in [0.15, 0.2) is 23.0 Å². The lowest BCUT2D eigenvalue weighted by Gasteiger charge is -2.13. The van der Waals surface area contributed by atoms with E-state index in [2.05, 4.69) is 4.98 Å². The van der Waals surface area contributed by atoms with Crippen LogP contribution in [0.5, 0.6) is 5.75 Å². The van der Waals surface area contributed by atoms with Gasteiger partial charge >= 0.3 is 0 Å². The van der Waals surface area contributed by atoms with Gasteiger partial charge in [0, 0.05) is 28.9 Å². The third kappa shape index (κ3) is 2.61. The minimum atomic E-state index is 0.465. The van der Waals surface area contributed by atoms with E-state index in [1.165, 1.54) is 24.6 Å². The van der Waals surface area contributed by atoms with Crippen molar-refractivity contribution in [3.8, 4) is 5.75 Å². The lowest BCUT2D eigenvalue weighted by atomic mass is 10.0. The molecule has 0 unspecified atom stereocenters. The first-order valence-electron chi connectivity index (χ1n) is 6.21. The van der Waals surface area contributed by atoms with Crippen LogP contribution in [0.2, 0.25) is 0 Å². The third-order valence-electron chi connectivity index (χ3n) is 3.25. The van der Waals surface area contributed by atoms with Crippen molar-refractivity contribution in [1.82, 2.24) is 4.98 Å². The standard InChI is InChI=1S/C14H15N3OS/c15-5-10-3-12(9-1-2-9)14(4-13(10)16)18-6-11-7-19-8-17-11/h3-5,7-9,15H,1-2,6,16H2. The Morgan fingerprint density at radius 3 is 2.95 bits per heavy atom. The predicted molar refractivity (Wildman–Crippen MR) is 77.2 cm³/mol. The van der Waals surface area contributed by atoms with Gasteiger partial charge in [-0.3, -0.25) is 0 Å². The molecular weight excluding hydrogens is 258 g/mol. The minimum Gasteiger partial charge on any atom is -0.487 e. The predicted octanol–water partition coefficient (Wildman–Crippen LogP) is 3.18. The van der Waals surface area contributed by atoms with Crippen LogP contribution in [-0.2, 0) is 6.61 Å². The molecule has 0 saturated heterocycles. The Morgan fingerprint density at radius 2 is 2.32 bits per heavy atom. The summed E-state index contributed by atoms with van der Waals surface area (Å²) >= 11 is 1.56. The summed E-state index contributed by atoms with van der Waals surface area (Å²) in [6.07, 6.45) is 3.67. The van der Waals surface area contributed by atoms with Gasteiger partial charge in [0.25, 0.3) is 0 Å². The summed E-state index contributed by atoms with van der Waals surface area (Å²) in [6.45, 7) is 0.465. The normalized spacial score (nSPS) is 14.3. The fourth-order valence-corrected chi connectivity index (χ4v) is 2.60. The van der Waals surface area contributed by atoms with Gasteiger partial charge in [-0.05, 0) is 30.4 Å². The maximum Gasteiger partial charge on any atom is 0.131 e. The molecule has 2 aromatic rings. The average Bonchev–Trinajstić information content (AvgIpc) is 3.13. The zero-order valence-electron chi connectivity index (χ0n) is 10.4. The van der Waals surface area contributed by atoms with Gasteiger partial charge in [-0.2, -0.15) is 0 Å². The summed E-state index contributed by atoms with van der Waals surface area (Å²) in [5.41, 5.74) is 11.2. The number of nitrogens with zero attached hydrogens (tertiary/aromatic N) is 1. The molecule has 98 valence electrons. The van der Waals surface area contributed by atoms with Crippen molar-refractivity contribution in [2.24, 2.45) is 0 Å². The summed E-state index contributed by atoms with van der Waals surface area (Å²) < 4.78 is 5.85. The molecule has 0 amide bonds. The van der Waals surface area contributed by atoms with Crippen molar-refractivity contribution in [3.05, 3.63) is 39.8 Å². The summed E-state index contributed by atoms with van der Waals surface area (Å²) in [4.78, 5) is 4.20. The maximum absolute atomic E-state index is 7.37. The number of hydrogen-bond donors (Lipinski definition) is 2. The maximum atomic E-state index is 7.37. The summed E-state index contributed by atoms with van der Waals surface area (Å²) in [6, 6.07) is 3.82. The molecular formula is C14H15N3OS. The van der Waals surface area contributed by atoms with E-state index in [4.69, 9.17) is 15.9 Å². The molecule has 1 fully saturated rings. The van der Waals surface area contributed by atoms with E-state index >= 15 is 0 Å². The Balaban J connectivity index is 1.86. The van der Waals surface area contributed by atoms with E-state index in [1.807, 2.05) is 17.5 Å². The van der Waals surface area contributed by atoms with E-state index in [0.717, 1.165) is 17.0 Å². The monoisotopic (exact) mass is 273 g/mol. The highest BCUT2D eigenvalue weighted by atomic mass is 32.1. The number of ether oxygens (including phenoxy) is 1. The molecule has 3 N–H and O–H groups in total. The van der Waals surface area contributed by atoms with E-state index in [0.29, 0.717) is 18.2 Å². The molecule has 4 nitrogen and oxygen atoms in total. The Kier molecular flexibility index (Phi) is 3.21. The zero-order valence-corrected chi connectivity index (χ0v) is 11.2. The largest absolute Gasteiger partial charge is 0.487 e. The molecule has 1 heterocycles. The molecule has 0 aliphatic heterocycles. The molecule has 0 bridgehead atoms. The van der Waals surface area contributed by atoms with Crippen molar-refractivity contribution in [1.29, 1.82) is 5.41 Å². The first-order chi connectivity index (χ1) is 9.28. The van der Waals surface area contributed by atoms with Gasteiger partial charge in [0.15, 0.2) is 0 Å². The number of benzene rings is 1. The van der Waals surface area contributed by atoms with Crippen molar-refractivity contribution >= 4 is 23.2 Å². The fraction of sp³-hybridized carbons (Fsp3) is 0.286. The van der Waals surface area contributed by atoms with Crippen molar-refractivity contribution < 1.29 is 4.74 Å². The van der Waals surface area contributed by atoms with Crippen LogP contribution in [0.25, 0.3) is 0 Å². The first-order valence-corrected chi connectivity index (χ1v) is 7.16. The second-order valence-corrected chi connectivity index (χ2v) is 5.42. The third-order valence-corrected chi connectivity index (χ3v) is 3.88. The van der Waals surface area contributed by atoms with Crippen molar-refractivity contribution in [2.45, 2.75) is 25.4 Å². The van der Waals surface area contributed by atoms with E-state index in [-0.39, 0.29) is 0 Å². The van der Waals surface area contributed by atoms with E-state index < -0.39 is 0 Å². The van der Waals surface area contributed by atoms with Crippen molar-refractivity contribution in [2.75, 3.05) is 5.73 Å². The highest BCUT2D eigenvalue weighted by Gasteiger charge is 2.27. The molecule has 0 spiro atoms. The molecule has 1 aliphatic rings. The smallest absolute Gasteiger partial charge is 0.131 e. The van der Waals surface area contributed by atoms with Crippen molar-refractivity contribution in [3.63, 3.8) is 0 Å². The molecule has 1 aromatic carbocycles. The van der Waals surface area contributed by atoms with Crippen LogP contribution in [0.3, 0.4) is 0 Å². The van der Waals surface area contributed by atoms with Crippen LogP contribution in [0.1, 0.15) is 35.6 Å². The number of aromatic nitrogens is 1. The van der Waals surface area contributed by atoms with Gasteiger partial charge in [0.2, 0.25) is 0 Å². The summed E-state index contributed by atoms with van der Waals surface area (Å²) in [5, 5.41) is 9.35. The number of hydrogen-bond acceptors (Lipinski definition) is 5. The van der Waals surface area contributed by atoms with Crippen LogP contribution < -0.4 is 10.5 Å². The highest BCUT2D eigenvalue weighted by Crippen LogP contribution is 2.45. The molecule has 0 radical (unpaired) electrons. The van der Waals surface area contributed by atoms with Gasteiger partial charge in [-0.1, -0.05) is 0 Å². The first kappa shape index (κ1) is 12.2. The average molecular weight is 273 g/mol.